The Morgan fingerprint density at radius 2 is 1.76 bits per heavy atom. The van der Waals surface area contributed by atoms with Gasteiger partial charge in [-0.3, -0.25) is 19.5 Å². The number of pyridine rings is 1. The number of benzene rings is 2. The van der Waals surface area contributed by atoms with Crippen molar-refractivity contribution in [2.45, 2.75) is 38.6 Å². The van der Waals surface area contributed by atoms with Gasteiger partial charge in [0.15, 0.2) is 0 Å². The number of alkyl halides is 3. The Morgan fingerprint density at radius 3 is 2.37 bits per heavy atom. The van der Waals surface area contributed by atoms with Crippen LogP contribution in [0.4, 0.5) is 18.9 Å². The van der Waals surface area contributed by atoms with Gasteiger partial charge in [0.2, 0.25) is 0 Å². The minimum absolute atomic E-state index is 0.0214. The largest absolute Gasteiger partial charge is 0.573 e. The molecule has 0 radical (unpaired) electrons. The zero-order valence-corrected chi connectivity index (χ0v) is 21.0. The van der Waals surface area contributed by atoms with Gasteiger partial charge in [-0.2, -0.15) is 0 Å². The van der Waals surface area contributed by atoms with Gasteiger partial charge in [0.25, 0.3) is 11.7 Å². The maximum Gasteiger partial charge on any atom is 0.573 e. The van der Waals surface area contributed by atoms with Gasteiger partial charge < -0.3 is 14.6 Å². The molecule has 1 aliphatic heterocycles. The highest BCUT2D eigenvalue weighted by atomic mass is 19.4. The first-order valence-corrected chi connectivity index (χ1v) is 11.6. The molecule has 38 heavy (non-hydrogen) atoms. The molecule has 198 valence electrons. The molecule has 1 aromatic heterocycles. The minimum Gasteiger partial charge on any atom is -0.507 e. The highest BCUT2D eigenvalue weighted by Gasteiger charge is 2.47. The number of rotatable bonds is 5. The van der Waals surface area contributed by atoms with Crippen LogP contribution in [0, 0.1) is 0 Å². The van der Waals surface area contributed by atoms with Gasteiger partial charge >= 0.3 is 6.36 Å². The number of carbonyl (C=O) groups is 2. The number of aliphatic hydroxyl groups excluding tert-OH is 1. The van der Waals surface area contributed by atoms with Gasteiger partial charge in [-0.15, -0.1) is 13.2 Å². The molecule has 4 rings (SSSR count). The van der Waals surface area contributed by atoms with Crippen LogP contribution in [-0.2, 0) is 15.0 Å². The average molecular weight is 527 g/mol. The smallest absolute Gasteiger partial charge is 0.507 e. The lowest BCUT2D eigenvalue weighted by Gasteiger charge is -2.26. The number of halogens is 3. The number of methoxy groups -OCH3 is 1. The normalized spacial score (nSPS) is 17.6. The number of ether oxygens (including phenoxy) is 2. The summed E-state index contributed by atoms with van der Waals surface area (Å²) in [6.07, 6.45) is -2.04. The fraction of sp³-hybridized carbons (Fsp3) is 0.250. The Labute approximate surface area is 217 Å². The molecule has 1 N–H and O–H groups in total. The third-order valence-corrected chi connectivity index (χ3v) is 6.05. The summed E-state index contributed by atoms with van der Waals surface area (Å²) in [5.41, 5.74) is 0.780. The molecule has 1 saturated heterocycles. The highest BCUT2D eigenvalue weighted by molar-refractivity contribution is 6.51. The lowest BCUT2D eigenvalue weighted by atomic mass is 9.84. The van der Waals surface area contributed by atoms with E-state index in [-0.39, 0.29) is 22.2 Å². The molecule has 0 aliphatic carbocycles. The zero-order valence-electron chi connectivity index (χ0n) is 21.0. The molecule has 2 heterocycles. The quantitative estimate of drug-likeness (QED) is 0.253. The fourth-order valence-electron chi connectivity index (χ4n) is 4.38. The number of hydrogen-bond acceptors (Lipinski definition) is 6. The van der Waals surface area contributed by atoms with Crippen LogP contribution in [0.5, 0.6) is 11.5 Å². The van der Waals surface area contributed by atoms with Crippen LogP contribution in [0.25, 0.3) is 5.76 Å². The van der Waals surface area contributed by atoms with Crippen molar-refractivity contribution in [3.63, 3.8) is 0 Å². The van der Waals surface area contributed by atoms with Gasteiger partial charge in [-0.25, -0.2) is 0 Å². The summed E-state index contributed by atoms with van der Waals surface area (Å²) in [7, 11) is 1.52. The topological polar surface area (TPSA) is 89.0 Å². The second kappa shape index (κ2) is 9.85. The molecule has 1 aliphatic rings. The van der Waals surface area contributed by atoms with Crippen LogP contribution in [0.1, 0.15) is 43.5 Å². The lowest BCUT2D eigenvalue weighted by Crippen LogP contribution is -2.29. The number of aliphatic hydroxyl groups is 1. The molecule has 3 aromatic rings. The second-order valence-electron chi connectivity index (χ2n) is 9.67. The van der Waals surface area contributed by atoms with Crippen molar-refractivity contribution < 1.29 is 37.3 Å². The fourth-order valence-corrected chi connectivity index (χ4v) is 4.38. The first kappa shape index (κ1) is 26.7. The number of carbonyl (C=O) groups excluding carboxylic acids is 2. The van der Waals surface area contributed by atoms with Crippen molar-refractivity contribution >= 4 is 23.1 Å². The molecular formula is C28H25F3N2O5. The van der Waals surface area contributed by atoms with E-state index in [1.165, 1.54) is 31.6 Å². The van der Waals surface area contributed by atoms with E-state index >= 15 is 0 Å². The van der Waals surface area contributed by atoms with Crippen molar-refractivity contribution in [1.82, 2.24) is 4.98 Å². The summed E-state index contributed by atoms with van der Waals surface area (Å²) < 4.78 is 48.0. The van der Waals surface area contributed by atoms with E-state index in [4.69, 9.17) is 4.74 Å². The van der Waals surface area contributed by atoms with Crippen LogP contribution >= 0.6 is 0 Å². The predicted molar refractivity (Wildman–Crippen MR) is 134 cm³/mol. The van der Waals surface area contributed by atoms with Crippen LogP contribution < -0.4 is 14.4 Å². The Balaban J connectivity index is 1.91. The lowest BCUT2D eigenvalue weighted by molar-refractivity contribution is -0.274. The van der Waals surface area contributed by atoms with Gasteiger partial charge in [0.1, 0.15) is 17.3 Å². The molecule has 10 heteroatoms. The zero-order chi connectivity index (χ0) is 27.8. The monoisotopic (exact) mass is 526 g/mol. The SMILES string of the molecule is COc1ccc(/C(O)=C2/C(=O)C(=O)N(c3cccc(OC(F)(F)F)c3)C2c2cccnc2)cc1C(C)(C)C. The summed E-state index contributed by atoms with van der Waals surface area (Å²) in [5.74, 6) is -2.43. The summed E-state index contributed by atoms with van der Waals surface area (Å²) >= 11 is 0. The third kappa shape index (κ3) is 5.20. The molecule has 1 atom stereocenters. The average Bonchev–Trinajstić information content (AvgIpc) is 3.12. The number of hydrogen-bond donors (Lipinski definition) is 1. The Kier molecular flexibility index (Phi) is 6.92. The van der Waals surface area contributed by atoms with Crippen molar-refractivity contribution in [3.8, 4) is 11.5 Å². The number of ketones is 1. The summed E-state index contributed by atoms with van der Waals surface area (Å²) in [4.78, 5) is 31.7. The predicted octanol–water partition coefficient (Wildman–Crippen LogP) is 5.91. The molecule has 2 aromatic carbocycles. The Bertz CT molecular complexity index is 1410. The van der Waals surface area contributed by atoms with Gasteiger partial charge in [0, 0.05) is 35.3 Å². The van der Waals surface area contributed by atoms with E-state index in [2.05, 4.69) is 9.72 Å². The summed E-state index contributed by atoms with van der Waals surface area (Å²) in [5, 5.41) is 11.4. The third-order valence-electron chi connectivity index (χ3n) is 6.05. The van der Waals surface area contributed by atoms with Crippen LogP contribution in [0.15, 0.2) is 72.6 Å². The molecule has 0 bridgehead atoms. The van der Waals surface area contributed by atoms with Gasteiger partial charge in [-0.1, -0.05) is 32.9 Å². The number of Topliss-reactive ketones (excluding diaryl/α,β-unsaturated/α-hetero) is 1. The number of anilines is 1. The van der Waals surface area contributed by atoms with E-state index in [9.17, 15) is 27.9 Å². The number of aromatic nitrogens is 1. The molecule has 0 spiro atoms. The van der Waals surface area contributed by atoms with Crippen molar-refractivity contribution in [1.29, 1.82) is 0 Å². The van der Waals surface area contributed by atoms with Crippen molar-refractivity contribution in [3.05, 3.63) is 89.3 Å². The van der Waals surface area contributed by atoms with Crippen molar-refractivity contribution in [2.24, 2.45) is 0 Å². The van der Waals surface area contributed by atoms with E-state index < -0.39 is 35.6 Å². The Hall–Kier alpha value is -4.34. The standard InChI is InChI=1S/C28H25F3N2O5/c1-27(2,3)20-13-16(10-11-21(20)37-4)24(34)22-23(17-7-6-12-32-15-17)33(26(36)25(22)35)18-8-5-9-19(14-18)38-28(29,30)31/h5-15,23,34H,1-4H3/b24-22-. The maximum absolute atomic E-state index is 13.3. The molecule has 1 amide bonds. The van der Waals surface area contributed by atoms with Crippen LogP contribution in [0.3, 0.4) is 0 Å². The highest BCUT2D eigenvalue weighted by Crippen LogP contribution is 2.43. The molecule has 0 saturated carbocycles. The first-order valence-electron chi connectivity index (χ1n) is 11.6. The van der Waals surface area contributed by atoms with Gasteiger partial charge in [-0.05, 0) is 47.4 Å². The van der Waals surface area contributed by atoms with E-state index in [1.54, 1.807) is 30.3 Å². The second-order valence-corrected chi connectivity index (χ2v) is 9.67. The molecule has 1 unspecified atom stereocenters. The van der Waals surface area contributed by atoms with Gasteiger partial charge in [0.05, 0.1) is 18.7 Å². The maximum atomic E-state index is 13.3. The number of amides is 1. The minimum atomic E-state index is -4.95. The molecule has 1 fully saturated rings. The van der Waals surface area contributed by atoms with E-state index in [1.807, 2.05) is 20.8 Å². The van der Waals surface area contributed by atoms with Crippen molar-refractivity contribution in [2.75, 3.05) is 12.0 Å². The molecule has 7 nitrogen and oxygen atoms in total. The first-order chi connectivity index (χ1) is 17.8. The summed E-state index contributed by atoms with van der Waals surface area (Å²) in [6, 6.07) is 11.7. The van der Waals surface area contributed by atoms with E-state index in [0.717, 1.165) is 22.6 Å². The summed E-state index contributed by atoms with van der Waals surface area (Å²) in [6.45, 7) is 5.87. The Morgan fingerprint density at radius 1 is 1.03 bits per heavy atom. The van der Waals surface area contributed by atoms with Crippen LogP contribution in [-0.4, -0.2) is 35.3 Å². The number of nitrogens with zero attached hydrogens (tertiary/aromatic N) is 2. The van der Waals surface area contributed by atoms with Crippen LogP contribution in [0.2, 0.25) is 0 Å². The molecular weight excluding hydrogens is 501 g/mol. The van der Waals surface area contributed by atoms with E-state index in [0.29, 0.717) is 11.3 Å².